The van der Waals surface area contributed by atoms with Gasteiger partial charge in [-0.15, -0.1) is 11.1 Å². The molecule has 0 saturated carbocycles. The Kier molecular flexibility index (Phi) is 9.68. The van der Waals surface area contributed by atoms with Gasteiger partial charge in [-0.3, -0.25) is 0 Å². The van der Waals surface area contributed by atoms with Gasteiger partial charge in [-0.2, -0.15) is 59.7 Å². The van der Waals surface area contributed by atoms with Gasteiger partial charge < -0.3 is 0 Å². The summed E-state index contributed by atoms with van der Waals surface area (Å²) in [5, 5.41) is 2.66. The van der Waals surface area contributed by atoms with E-state index in [4.69, 9.17) is 17.0 Å². The van der Waals surface area contributed by atoms with E-state index in [-0.39, 0.29) is 0 Å². The largest absolute Gasteiger partial charge is 0.179 e. The molecule has 8 rings (SSSR count). The van der Waals surface area contributed by atoms with Crippen molar-refractivity contribution in [3.63, 3.8) is 0 Å². The summed E-state index contributed by atoms with van der Waals surface area (Å²) in [5.74, 6) is 0. The predicted octanol–water partition coefficient (Wildman–Crippen LogP) is 8.83. The summed E-state index contributed by atoms with van der Waals surface area (Å²) in [6.07, 6.45) is 2.10. The van der Waals surface area contributed by atoms with Gasteiger partial charge in [0, 0.05) is 0 Å². The molecule has 0 bridgehead atoms. The number of halogens is 2. The molecule has 2 aliphatic rings. The molecule has 42 heavy (non-hydrogen) atoms. The summed E-state index contributed by atoms with van der Waals surface area (Å²) in [7, 11) is 12.6. The molecule has 0 amide bonds. The number of benzene rings is 6. The SMILES string of the molecule is [Cl][Zr]([Cl])=[Si](c1ccccc1)c1ccccc1.[c-]1cccc2c1Cc1ccccc1-2.[c-]1cccc2c1Cc1ccccc1-2. The average Bonchev–Trinajstić information content (AvgIpc) is 3.61. The quantitative estimate of drug-likeness (QED) is 0.127. The van der Waals surface area contributed by atoms with E-state index in [2.05, 4.69) is 133 Å². The maximum atomic E-state index is 6.32. The third-order valence-corrected chi connectivity index (χ3v) is 23.5. The fourth-order valence-corrected chi connectivity index (χ4v) is 20.8. The molecule has 0 aliphatic heterocycles. The van der Waals surface area contributed by atoms with E-state index in [1.54, 1.807) is 0 Å². The van der Waals surface area contributed by atoms with Crippen LogP contribution in [0.2, 0.25) is 0 Å². The van der Waals surface area contributed by atoms with Crippen LogP contribution >= 0.6 is 17.0 Å². The van der Waals surface area contributed by atoms with E-state index >= 15 is 0 Å². The first-order valence-electron chi connectivity index (χ1n) is 14.0. The Morgan fingerprint density at radius 3 is 1.26 bits per heavy atom. The summed E-state index contributed by atoms with van der Waals surface area (Å²) in [5.41, 5.74) is 10.1. The Bertz CT molecular complexity index is 1630. The van der Waals surface area contributed by atoms with Gasteiger partial charge in [0.25, 0.3) is 0 Å². The Hall–Kier alpha value is -3.00. The minimum atomic E-state index is -2.26. The van der Waals surface area contributed by atoms with Crippen LogP contribution in [0.25, 0.3) is 22.3 Å². The van der Waals surface area contributed by atoms with Crippen LogP contribution < -0.4 is 10.4 Å². The zero-order valence-electron chi connectivity index (χ0n) is 23.0. The van der Waals surface area contributed by atoms with Gasteiger partial charge in [0.2, 0.25) is 0 Å². The molecule has 4 heteroatoms. The van der Waals surface area contributed by atoms with E-state index in [0.29, 0.717) is 0 Å². The molecule has 0 saturated heterocycles. The van der Waals surface area contributed by atoms with Crippen molar-refractivity contribution in [1.29, 1.82) is 0 Å². The molecule has 0 atom stereocenters. The second-order valence-corrected chi connectivity index (χ2v) is 29.4. The molecule has 0 heterocycles. The van der Waals surface area contributed by atoms with Gasteiger partial charge >= 0.3 is 111 Å². The smallest absolute Gasteiger partial charge is 0.0253 e. The van der Waals surface area contributed by atoms with Gasteiger partial charge in [0.15, 0.2) is 0 Å². The van der Waals surface area contributed by atoms with Crippen LogP contribution in [0.15, 0.2) is 146 Å². The van der Waals surface area contributed by atoms with Crippen LogP contribution in [0.1, 0.15) is 22.3 Å². The van der Waals surface area contributed by atoms with Gasteiger partial charge in [0.05, 0.1) is 0 Å². The molecule has 2 aliphatic carbocycles. The van der Waals surface area contributed by atoms with Crippen molar-refractivity contribution >= 4 is 32.8 Å². The molecule has 0 aromatic heterocycles. The van der Waals surface area contributed by atoms with E-state index in [9.17, 15) is 0 Å². The van der Waals surface area contributed by atoms with Crippen molar-refractivity contribution in [2.24, 2.45) is 0 Å². The van der Waals surface area contributed by atoms with E-state index in [1.807, 2.05) is 24.3 Å². The summed E-state index contributed by atoms with van der Waals surface area (Å²) >= 11 is -2.26. The maximum Gasteiger partial charge on any atom is -0.0253 e. The summed E-state index contributed by atoms with van der Waals surface area (Å²) in [6, 6.07) is 57.1. The fraction of sp³-hybridized carbons (Fsp3) is 0.0526. The van der Waals surface area contributed by atoms with Crippen LogP contribution in [0, 0.1) is 12.1 Å². The Labute approximate surface area is 263 Å². The van der Waals surface area contributed by atoms with Gasteiger partial charge in [-0.05, 0) is 12.8 Å². The molecule has 204 valence electrons. The van der Waals surface area contributed by atoms with Crippen LogP contribution in [0.3, 0.4) is 0 Å². The van der Waals surface area contributed by atoms with Crippen LogP contribution in [-0.2, 0) is 30.8 Å². The first-order chi connectivity index (χ1) is 20.7. The monoisotopic (exact) mass is 672 g/mol. The van der Waals surface area contributed by atoms with E-state index in [0.717, 1.165) is 12.8 Å². The molecule has 0 unspecified atom stereocenters. The third kappa shape index (κ3) is 6.64. The number of rotatable bonds is 2. The summed E-state index contributed by atoms with van der Waals surface area (Å²) in [6.45, 7) is 0. The van der Waals surface area contributed by atoms with E-state index < -0.39 is 23.4 Å². The van der Waals surface area contributed by atoms with Crippen molar-refractivity contribution in [3.05, 3.63) is 180 Å². The van der Waals surface area contributed by atoms with E-state index in [1.165, 1.54) is 54.9 Å². The normalized spacial score (nSPS) is 11.4. The second kappa shape index (κ2) is 14.0. The number of hydrogen-bond acceptors (Lipinski definition) is 0. The first-order valence-corrected chi connectivity index (χ1v) is 25.5. The summed E-state index contributed by atoms with van der Waals surface area (Å²) in [4.78, 5) is 0. The van der Waals surface area contributed by atoms with Crippen LogP contribution in [0.4, 0.5) is 0 Å². The molecule has 0 radical (unpaired) electrons. The molecule has 0 fully saturated rings. The maximum absolute atomic E-state index is 6.32. The Balaban J connectivity index is 0.000000113. The predicted molar refractivity (Wildman–Crippen MR) is 177 cm³/mol. The standard InChI is InChI=1S/2C13H9.C12H10Si.2ClH.Zr/c2*1-3-7-12-10(5-1)9-11-6-2-4-8-13(11)12;1-3-7-11(8-4-1)13-12-9-5-2-6-10-12;;;/h2*1-5,7-8H,9H2;1-10H;2*1H;/q2*-1;;;;+2/p-2. The fourth-order valence-electron chi connectivity index (χ4n) is 5.59. The zero-order chi connectivity index (χ0) is 28.7. The summed E-state index contributed by atoms with van der Waals surface area (Å²) < 4.78 is 0. The zero-order valence-corrected chi connectivity index (χ0v) is 28.0. The van der Waals surface area contributed by atoms with Crippen molar-refractivity contribution in [2.45, 2.75) is 12.8 Å². The molecular weight excluding hydrogens is 647 g/mol. The van der Waals surface area contributed by atoms with Crippen LogP contribution in [0.5, 0.6) is 0 Å². The first kappa shape index (κ1) is 29.1. The van der Waals surface area contributed by atoms with Crippen molar-refractivity contribution in [1.82, 2.24) is 0 Å². The van der Waals surface area contributed by atoms with Crippen molar-refractivity contribution in [2.75, 3.05) is 0 Å². The van der Waals surface area contributed by atoms with Gasteiger partial charge in [-0.25, -0.2) is 0 Å². The molecular formula is C38H28Cl2SiZr-2. The van der Waals surface area contributed by atoms with Gasteiger partial charge in [0.1, 0.15) is 0 Å². The second-order valence-electron chi connectivity index (χ2n) is 10.2. The Morgan fingerprint density at radius 2 is 0.833 bits per heavy atom. The molecule has 0 spiro atoms. The number of hydrogen-bond donors (Lipinski definition) is 0. The topological polar surface area (TPSA) is 0 Å². The minimum Gasteiger partial charge on any atom is -0.179 e. The third-order valence-electron chi connectivity index (χ3n) is 7.55. The Morgan fingerprint density at radius 1 is 0.452 bits per heavy atom. The van der Waals surface area contributed by atoms with Gasteiger partial charge in [-0.1, -0.05) is 70.8 Å². The molecule has 0 N–H and O–H groups in total. The average molecular weight is 675 g/mol. The molecule has 6 aromatic carbocycles. The minimum absolute atomic E-state index is 0.889. The van der Waals surface area contributed by atoms with Crippen molar-refractivity contribution in [3.8, 4) is 22.3 Å². The molecule has 6 aromatic rings. The molecule has 0 nitrogen and oxygen atoms in total. The van der Waals surface area contributed by atoms with Crippen molar-refractivity contribution < 1.29 is 18.0 Å². The van der Waals surface area contributed by atoms with Crippen LogP contribution in [-0.4, -0.2) is 5.43 Å². The number of fused-ring (bicyclic) bond motifs is 6.